The topological polar surface area (TPSA) is 38.7 Å². The first-order chi connectivity index (χ1) is 6.90. The molecule has 2 aromatic rings. The molecule has 2 rings (SSSR count). The maximum Gasteiger partial charge on any atom is 0.174 e. The van der Waals surface area contributed by atoms with E-state index in [1.165, 1.54) is 0 Å². The van der Waals surface area contributed by atoms with E-state index in [4.69, 9.17) is 0 Å². The Bertz CT molecular complexity index is 437. The van der Waals surface area contributed by atoms with Crippen LogP contribution in [0.5, 0.6) is 0 Å². The molecule has 0 amide bonds. The van der Waals surface area contributed by atoms with E-state index in [-0.39, 0.29) is 0 Å². The SMILES string of the molecule is C=Cc1nncc(-c2ccccc2)n1. The lowest BCUT2D eigenvalue weighted by molar-refractivity contribution is 0.956. The van der Waals surface area contributed by atoms with Gasteiger partial charge in [0.1, 0.15) is 0 Å². The quantitative estimate of drug-likeness (QED) is 0.716. The minimum absolute atomic E-state index is 0.548. The van der Waals surface area contributed by atoms with Gasteiger partial charge in [0, 0.05) is 5.56 Å². The van der Waals surface area contributed by atoms with Crippen molar-refractivity contribution in [3.63, 3.8) is 0 Å². The molecule has 0 spiro atoms. The van der Waals surface area contributed by atoms with Crippen molar-refractivity contribution in [1.29, 1.82) is 0 Å². The van der Waals surface area contributed by atoms with Crippen LogP contribution in [0.3, 0.4) is 0 Å². The lowest BCUT2D eigenvalue weighted by Gasteiger charge is -1.99. The van der Waals surface area contributed by atoms with Crippen LogP contribution in [0, 0.1) is 0 Å². The van der Waals surface area contributed by atoms with Gasteiger partial charge in [0.05, 0.1) is 11.9 Å². The smallest absolute Gasteiger partial charge is 0.174 e. The van der Waals surface area contributed by atoms with Crippen LogP contribution in [-0.4, -0.2) is 15.2 Å². The third-order valence-corrected chi connectivity index (χ3v) is 1.83. The van der Waals surface area contributed by atoms with E-state index >= 15 is 0 Å². The second-order valence-corrected chi connectivity index (χ2v) is 2.77. The molecule has 3 heteroatoms. The van der Waals surface area contributed by atoms with E-state index in [1.807, 2.05) is 30.3 Å². The summed E-state index contributed by atoms with van der Waals surface area (Å²) in [6.07, 6.45) is 3.22. The van der Waals surface area contributed by atoms with Crippen molar-refractivity contribution in [2.24, 2.45) is 0 Å². The second kappa shape index (κ2) is 3.79. The summed E-state index contributed by atoms with van der Waals surface area (Å²) in [4.78, 5) is 4.27. The highest BCUT2D eigenvalue weighted by molar-refractivity contribution is 5.58. The van der Waals surface area contributed by atoms with Crippen LogP contribution in [-0.2, 0) is 0 Å². The molecule has 1 aromatic heterocycles. The molecule has 0 aliphatic rings. The largest absolute Gasteiger partial charge is 0.225 e. The first-order valence-electron chi connectivity index (χ1n) is 4.28. The van der Waals surface area contributed by atoms with E-state index in [0.717, 1.165) is 11.3 Å². The Morgan fingerprint density at radius 1 is 1.14 bits per heavy atom. The molecule has 0 aliphatic heterocycles. The van der Waals surface area contributed by atoms with Crippen molar-refractivity contribution in [2.45, 2.75) is 0 Å². The van der Waals surface area contributed by atoms with E-state index in [9.17, 15) is 0 Å². The lowest BCUT2D eigenvalue weighted by Crippen LogP contribution is -1.93. The van der Waals surface area contributed by atoms with E-state index in [2.05, 4.69) is 21.8 Å². The highest BCUT2D eigenvalue weighted by atomic mass is 15.1. The fourth-order valence-electron chi connectivity index (χ4n) is 1.15. The van der Waals surface area contributed by atoms with Gasteiger partial charge in [-0.25, -0.2) is 4.98 Å². The van der Waals surface area contributed by atoms with Crippen LogP contribution in [0.4, 0.5) is 0 Å². The Kier molecular flexibility index (Phi) is 2.32. The first-order valence-corrected chi connectivity index (χ1v) is 4.28. The Balaban J connectivity index is 2.47. The lowest BCUT2D eigenvalue weighted by atomic mass is 10.2. The van der Waals surface area contributed by atoms with Crippen LogP contribution in [0.15, 0.2) is 43.1 Å². The maximum atomic E-state index is 4.27. The third kappa shape index (κ3) is 1.66. The summed E-state index contributed by atoms with van der Waals surface area (Å²) >= 11 is 0. The minimum Gasteiger partial charge on any atom is -0.225 e. The summed E-state index contributed by atoms with van der Waals surface area (Å²) in [6.45, 7) is 3.60. The van der Waals surface area contributed by atoms with Crippen molar-refractivity contribution < 1.29 is 0 Å². The maximum absolute atomic E-state index is 4.27. The summed E-state index contributed by atoms with van der Waals surface area (Å²) in [7, 11) is 0. The number of aromatic nitrogens is 3. The molecule has 0 radical (unpaired) electrons. The summed E-state index contributed by atoms with van der Waals surface area (Å²) in [5, 5.41) is 7.65. The molecular weight excluding hydrogens is 174 g/mol. The molecule has 0 N–H and O–H groups in total. The first kappa shape index (κ1) is 8.56. The summed E-state index contributed by atoms with van der Waals surface area (Å²) in [5.74, 6) is 0.548. The molecule has 0 unspecified atom stereocenters. The average molecular weight is 183 g/mol. The van der Waals surface area contributed by atoms with Gasteiger partial charge in [0.15, 0.2) is 5.82 Å². The Hall–Kier alpha value is -2.03. The Morgan fingerprint density at radius 3 is 2.64 bits per heavy atom. The van der Waals surface area contributed by atoms with E-state index in [0.29, 0.717) is 5.82 Å². The van der Waals surface area contributed by atoms with E-state index in [1.54, 1.807) is 12.3 Å². The van der Waals surface area contributed by atoms with Gasteiger partial charge in [0.2, 0.25) is 0 Å². The van der Waals surface area contributed by atoms with Gasteiger partial charge < -0.3 is 0 Å². The van der Waals surface area contributed by atoms with Crippen LogP contribution in [0.2, 0.25) is 0 Å². The second-order valence-electron chi connectivity index (χ2n) is 2.77. The number of hydrogen-bond donors (Lipinski definition) is 0. The van der Waals surface area contributed by atoms with Gasteiger partial charge in [-0.1, -0.05) is 36.9 Å². The van der Waals surface area contributed by atoms with Crippen molar-refractivity contribution in [3.8, 4) is 11.3 Å². The molecule has 0 saturated carbocycles. The molecule has 68 valence electrons. The highest BCUT2D eigenvalue weighted by Crippen LogP contribution is 2.14. The zero-order valence-electron chi connectivity index (χ0n) is 7.59. The summed E-state index contributed by atoms with van der Waals surface area (Å²) in [5.41, 5.74) is 1.85. The Labute approximate surface area is 82.2 Å². The molecule has 1 heterocycles. The molecule has 0 saturated heterocycles. The normalized spacial score (nSPS) is 9.71. The van der Waals surface area contributed by atoms with Crippen molar-refractivity contribution in [3.05, 3.63) is 48.9 Å². The van der Waals surface area contributed by atoms with Gasteiger partial charge in [0.25, 0.3) is 0 Å². The molecule has 14 heavy (non-hydrogen) atoms. The number of rotatable bonds is 2. The van der Waals surface area contributed by atoms with Crippen molar-refractivity contribution in [2.75, 3.05) is 0 Å². The molecule has 0 fully saturated rings. The molecule has 0 bridgehead atoms. The van der Waals surface area contributed by atoms with Crippen LogP contribution in [0.25, 0.3) is 17.3 Å². The van der Waals surface area contributed by atoms with Gasteiger partial charge in [-0.3, -0.25) is 0 Å². The predicted molar refractivity (Wildman–Crippen MR) is 55.4 cm³/mol. The molecule has 3 nitrogen and oxygen atoms in total. The van der Waals surface area contributed by atoms with Crippen molar-refractivity contribution >= 4 is 6.08 Å². The Morgan fingerprint density at radius 2 is 1.93 bits per heavy atom. The van der Waals surface area contributed by atoms with Crippen LogP contribution < -0.4 is 0 Å². The number of hydrogen-bond acceptors (Lipinski definition) is 3. The standard InChI is InChI=1S/C11H9N3/c1-2-11-13-10(8-12-14-11)9-6-4-3-5-7-9/h2-8H,1H2. The van der Waals surface area contributed by atoms with Gasteiger partial charge >= 0.3 is 0 Å². The van der Waals surface area contributed by atoms with Crippen LogP contribution in [0.1, 0.15) is 5.82 Å². The third-order valence-electron chi connectivity index (χ3n) is 1.83. The predicted octanol–water partition coefficient (Wildman–Crippen LogP) is 2.18. The van der Waals surface area contributed by atoms with Gasteiger partial charge in [-0.2, -0.15) is 5.10 Å². The average Bonchev–Trinajstić information content (AvgIpc) is 2.30. The van der Waals surface area contributed by atoms with Gasteiger partial charge in [-0.15, -0.1) is 5.10 Å². The molecule has 0 atom stereocenters. The molecular formula is C11H9N3. The highest BCUT2D eigenvalue weighted by Gasteiger charge is 1.99. The fourth-order valence-corrected chi connectivity index (χ4v) is 1.15. The number of nitrogens with zero attached hydrogens (tertiary/aromatic N) is 3. The van der Waals surface area contributed by atoms with Crippen LogP contribution >= 0.6 is 0 Å². The zero-order chi connectivity index (χ0) is 9.80. The molecule has 1 aromatic carbocycles. The minimum atomic E-state index is 0.548. The van der Waals surface area contributed by atoms with E-state index < -0.39 is 0 Å². The zero-order valence-corrected chi connectivity index (χ0v) is 7.59. The van der Waals surface area contributed by atoms with Gasteiger partial charge in [-0.05, 0) is 6.08 Å². The fraction of sp³-hybridized carbons (Fsp3) is 0. The van der Waals surface area contributed by atoms with Crippen molar-refractivity contribution in [1.82, 2.24) is 15.2 Å². The summed E-state index contributed by atoms with van der Waals surface area (Å²) in [6, 6.07) is 9.86. The monoisotopic (exact) mass is 183 g/mol. The number of benzene rings is 1. The molecule has 0 aliphatic carbocycles. The summed E-state index contributed by atoms with van der Waals surface area (Å²) < 4.78 is 0.